The third kappa shape index (κ3) is 11.4. The zero-order valence-electron chi connectivity index (χ0n) is 11.9. The topological polar surface area (TPSA) is 67.4 Å². The smallest absolute Gasteiger partial charge is 0.222 e. The molecule has 5 nitrogen and oxygen atoms in total. The van der Waals surface area contributed by atoms with Gasteiger partial charge < -0.3 is 15.4 Å². The van der Waals surface area contributed by atoms with Gasteiger partial charge in [0, 0.05) is 25.4 Å². The van der Waals surface area contributed by atoms with Crippen LogP contribution in [0.1, 0.15) is 40.5 Å². The van der Waals surface area contributed by atoms with Crippen LogP contribution in [0.25, 0.3) is 0 Å². The van der Waals surface area contributed by atoms with E-state index >= 15 is 0 Å². The van der Waals surface area contributed by atoms with Gasteiger partial charge in [-0.1, -0.05) is 13.8 Å². The molecule has 0 bridgehead atoms. The van der Waals surface area contributed by atoms with Crippen LogP contribution in [-0.2, 0) is 14.3 Å². The molecule has 0 aromatic rings. The van der Waals surface area contributed by atoms with E-state index in [1.54, 1.807) is 0 Å². The molecule has 0 atom stereocenters. The summed E-state index contributed by atoms with van der Waals surface area (Å²) in [5.41, 5.74) is 0. The molecule has 2 amide bonds. The average Bonchev–Trinajstić information content (AvgIpc) is 2.20. The van der Waals surface area contributed by atoms with E-state index in [1.807, 2.05) is 27.7 Å². The van der Waals surface area contributed by atoms with Crippen molar-refractivity contribution in [2.75, 3.05) is 19.8 Å². The molecule has 5 heteroatoms. The highest BCUT2D eigenvalue weighted by molar-refractivity contribution is 5.76. The van der Waals surface area contributed by atoms with Gasteiger partial charge >= 0.3 is 0 Å². The van der Waals surface area contributed by atoms with E-state index in [0.29, 0.717) is 38.5 Å². The third-order valence-corrected chi connectivity index (χ3v) is 2.09. The molecule has 0 radical (unpaired) electrons. The molecule has 0 fully saturated rings. The van der Waals surface area contributed by atoms with Crippen LogP contribution in [0.5, 0.6) is 0 Å². The summed E-state index contributed by atoms with van der Waals surface area (Å²) >= 11 is 0. The van der Waals surface area contributed by atoms with Crippen molar-refractivity contribution in [3.05, 3.63) is 0 Å². The summed E-state index contributed by atoms with van der Waals surface area (Å²) in [5, 5.41) is 5.55. The second-order valence-corrected chi connectivity index (χ2v) is 5.03. The van der Waals surface area contributed by atoms with Crippen molar-refractivity contribution >= 4 is 11.8 Å². The van der Waals surface area contributed by atoms with Crippen LogP contribution in [0.15, 0.2) is 0 Å². The fraction of sp³-hybridized carbons (Fsp3) is 0.846. The molecule has 0 aromatic carbocycles. The van der Waals surface area contributed by atoms with Crippen molar-refractivity contribution in [2.45, 2.75) is 46.6 Å². The van der Waals surface area contributed by atoms with E-state index in [-0.39, 0.29) is 17.9 Å². The van der Waals surface area contributed by atoms with Crippen molar-refractivity contribution in [1.82, 2.24) is 10.6 Å². The second-order valence-electron chi connectivity index (χ2n) is 5.03. The van der Waals surface area contributed by atoms with Crippen LogP contribution >= 0.6 is 0 Å². The highest BCUT2D eigenvalue weighted by atomic mass is 16.5. The van der Waals surface area contributed by atoms with Crippen molar-refractivity contribution in [2.24, 2.45) is 5.92 Å². The Morgan fingerprint density at radius 2 is 1.72 bits per heavy atom. The van der Waals surface area contributed by atoms with Gasteiger partial charge in [-0.2, -0.15) is 0 Å². The van der Waals surface area contributed by atoms with Crippen molar-refractivity contribution in [3.8, 4) is 0 Å². The van der Waals surface area contributed by atoms with Gasteiger partial charge in [-0.25, -0.2) is 0 Å². The summed E-state index contributed by atoms with van der Waals surface area (Å²) in [4.78, 5) is 22.5. The molecule has 0 saturated carbocycles. The Hall–Kier alpha value is -1.10. The number of hydrogen-bond acceptors (Lipinski definition) is 3. The minimum Gasteiger partial charge on any atom is -0.379 e. The lowest BCUT2D eigenvalue weighted by atomic mass is 10.1. The monoisotopic (exact) mass is 258 g/mol. The Kier molecular flexibility index (Phi) is 9.28. The molecule has 0 rings (SSSR count). The fourth-order valence-corrected chi connectivity index (χ4v) is 1.37. The van der Waals surface area contributed by atoms with Crippen LogP contribution in [0.3, 0.4) is 0 Å². The molecule has 106 valence electrons. The van der Waals surface area contributed by atoms with Crippen LogP contribution in [0.4, 0.5) is 0 Å². The largest absolute Gasteiger partial charge is 0.379 e. The number of carbonyl (C=O) groups excluding carboxylic acids is 2. The van der Waals surface area contributed by atoms with E-state index in [0.717, 1.165) is 0 Å². The zero-order chi connectivity index (χ0) is 14.0. The minimum atomic E-state index is -0.00570. The van der Waals surface area contributed by atoms with Crippen molar-refractivity contribution in [3.63, 3.8) is 0 Å². The van der Waals surface area contributed by atoms with Crippen LogP contribution in [0, 0.1) is 5.92 Å². The quantitative estimate of drug-likeness (QED) is 0.608. The highest BCUT2D eigenvalue weighted by Gasteiger charge is 2.04. The Morgan fingerprint density at radius 1 is 1.06 bits per heavy atom. The maximum absolute atomic E-state index is 11.3. The van der Waals surface area contributed by atoms with Gasteiger partial charge in [0.2, 0.25) is 11.8 Å². The molecule has 0 aliphatic heterocycles. The summed E-state index contributed by atoms with van der Waals surface area (Å²) in [6.45, 7) is 9.17. The average molecular weight is 258 g/mol. The normalized spacial score (nSPS) is 10.8. The number of nitrogens with one attached hydrogen (secondary N) is 2. The van der Waals surface area contributed by atoms with Gasteiger partial charge in [-0.05, 0) is 19.8 Å². The van der Waals surface area contributed by atoms with E-state index in [1.165, 1.54) is 0 Å². The summed E-state index contributed by atoms with van der Waals surface area (Å²) in [6.07, 6.45) is 0.898. The second kappa shape index (κ2) is 9.88. The summed E-state index contributed by atoms with van der Waals surface area (Å²) < 4.78 is 5.27. The van der Waals surface area contributed by atoms with Crippen LogP contribution in [-0.4, -0.2) is 37.6 Å². The zero-order valence-corrected chi connectivity index (χ0v) is 11.9. The molecule has 0 saturated heterocycles. The number of amides is 2. The van der Waals surface area contributed by atoms with E-state index < -0.39 is 0 Å². The Morgan fingerprint density at radius 3 is 2.28 bits per heavy atom. The first-order valence-electron chi connectivity index (χ1n) is 6.55. The van der Waals surface area contributed by atoms with E-state index in [9.17, 15) is 9.59 Å². The highest BCUT2D eigenvalue weighted by Crippen LogP contribution is 1.97. The van der Waals surface area contributed by atoms with Gasteiger partial charge in [0.05, 0.1) is 13.2 Å². The lowest BCUT2D eigenvalue weighted by molar-refractivity contribution is -0.124. The molecule has 0 aliphatic rings. The fourth-order valence-electron chi connectivity index (χ4n) is 1.37. The Balaban J connectivity index is 3.36. The van der Waals surface area contributed by atoms with Gasteiger partial charge in [-0.3, -0.25) is 9.59 Å². The molecular formula is C13H26N2O3. The summed E-state index contributed by atoms with van der Waals surface area (Å²) in [7, 11) is 0. The molecule has 0 spiro atoms. The molecule has 2 N–H and O–H groups in total. The number of hydrogen-bond donors (Lipinski definition) is 2. The van der Waals surface area contributed by atoms with Crippen LogP contribution in [0.2, 0.25) is 0 Å². The maximum atomic E-state index is 11.3. The number of carbonyl (C=O) groups is 2. The Labute approximate surface area is 110 Å². The van der Waals surface area contributed by atoms with Gasteiger partial charge in [0.1, 0.15) is 0 Å². The van der Waals surface area contributed by atoms with Gasteiger partial charge in [-0.15, -0.1) is 0 Å². The summed E-state index contributed by atoms with van der Waals surface area (Å²) in [6, 6.07) is 0.160. The first-order chi connectivity index (χ1) is 8.41. The lowest BCUT2D eigenvalue weighted by Gasteiger charge is -2.09. The SMILES string of the molecule is CC(C)CC(=O)NCCOCCC(=O)NC(C)C. The summed E-state index contributed by atoms with van der Waals surface area (Å²) in [5.74, 6) is 0.408. The molecular weight excluding hydrogens is 232 g/mol. The molecule has 0 aromatic heterocycles. The molecule has 18 heavy (non-hydrogen) atoms. The maximum Gasteiger partial charge on any atom is 0.222 e. The first-order valence-corrected chi connectivity index (χ1v) is 6.55. The first kappa shape index (κ1) is 16.9. The van der Waals surface area contributed by atoms with Crippen molar-refractivity contribution in [1.29, 1.82) is 0 Å². The van der Waals surface area contributed by atoms with E-state index in [2.05, 4.69) is 10.6 Å². The lowest BCUT2D eigenvalue weighted by Crippen LogP contribution is -2.31. The van der Waals surface area contributed by atoms with Crippen LogP contribution < -0.4 is 10.6 Å². The van der Waals surface area contributed by atoms with E-state index in [4.69, 9.17) is 4.74 Å². The predicted octanol–water partition coefficient (Wildman–Crippen LogP) is 1.08. The Bertz CT molecular complexity index is 227. The molecule has 0 unspecified atom stereocenters. The third-order valence-electron chi connectivity index (χ3n) is 2.09. The number of rotatable bonds is 9. The number of ether oxygens (including phenoxy) is 1. The van der Waals surface area contributed by atoms with Gasteiger partial charge in [0.25, 0.3) is 0 Å². The van der Waals surface area contributed by atoms with Crippen molar-refractivity contribution < 1.29 is 14.3 Å². The standard InChI is InChI=1S/C13H26N2O3/c1-10(2)9-13(17)14-6-8-18-7-5-12(16)15-11(3)4/h10-11H,5-9H2,1-4H3,(H,14,17)(H,15,16). The minimum absolute atomic E-state index is 0.00570. The molecule has 0 heterocycles. The molecule has 0 aliphatic carbocycles. The predicted molar refractivity (Wildman–Crippen MR) is 71.2 cm³/mol. The van der Waals surface area contributed by atoms with Gasteiger partial charge in [0.15, 0.2) is 0 Å².